The van der Waals surface area contributed by atoms with E-state index in [9.17, 15) is 9.59 Å². The van der Waals surface area contributed by atoms with Crippen molar-refractivity contribution in [1.29, 1.82) is 0 Å². The van der Waals surface area contributed by atoms with Crippen molar-refractivity contribution in [3.05, 3.63) is 35.4 Å². The van der Waals surface area contributed by atoms with Gasteiger partial charge >= 0.3 is 18.2 Å². The average Bonchev–Trinajstić information content (AvgIpc) is 3.81. The Morgan fingerprint density at radius 1 is 0.875 bits per heavy atom. The number of carbonyl (C=O) groups is 2. The Kier molecular flexibility index (Phi) is 10.3. The van der Waals surface area contributed by atoms with Crippen LogP contribution < -0.4 is 15.0 Å². The van der Waals surface area contributed by atoms with E-state index in [1.807, 2.05) is 0 Å². The molecule has 2 aromatic carbocycles. The molecule has 0 atom stereocenters. The van der Waals surface area contributed by atoms with Crippen molar-refractivity contribution < 1.29 is 41.4 Å². The molecule has 2 aromatic heterocycles. The van der Waals surface area contributed by atoms with Gasteiger partial charge in [-0.25, -0.2) is 32.1 Å². The normalized spacial score (nSPS) is 17.8. The SMILES string of the molecule is CC(C)(C)OC(=O)Nc1nc2c(-c3c(C(C)(F)F)cc4c(N5CCN(C(=O)OC(C)(C)C)CC5)nc(OCC56CCCN5CCC6)nc4c3F)ccc(F)c2s1. The Morgan fingerprint density at radius 2 is 1.54 bits per heavy atom. The molecule has 7 rings (SSSR count). The number of fused-ring (bicyclic) bond motifs is 3. The van der Waals surface area contributed by atoms with Crippen molar-refractivity contribution in [2.75, 3.05) is 56.1 Å². The molecule has 1 N–H and O–H groups in total. The summed E-state index contributed by atoms with van der Waals surface area (Å²) in [5.41, 5.74) is -3.46. The molecular weight excluding hydrogens is 755 g/mol. The van der Waals surface area contributed by atoms with Gasteiger partial charge in [-0.05, 0) is 98.5 Å². The smallest absolute Gasteiger partial charge is 0.413 e. The molecule has 2 amide bonds. The topological polar surface area (TPSA) is 122 Å². The maximum atomic E-state index is 17.4. The minimum absolute atomic E-state index is 0.0197. The van der Waals surface area contributed by atoms with Crippen LogP contribution in [0.3, 0.4) is 0 Å². The Hall–Kier alpha value is -4.51. The highest BCUT2D eigenvalue weighted by molar-refractivity contribution is 7.22. The number of rotatable bonds is 7. The van der Waals surface area contributed by atoms with E-state index in [4.69, 9.17) is 19.2 Å². The highest BCUT2D eigenvalue weighted by atomic mass is 32.1. The molecule has 0 spiro atoms. The summed E-state index contributed by atoms with van der Waals surface area (Å²) >= 11 is 0.763. The van der Waals surface area contributed by atoms with E-state index in [2.05, 4.69) is 20.2 Å². The molecule has 56 heavy (non-hydrogen) atoms. The van der Waals surface area contributed by atoms with E-state index < -0.39 is 52.1 Å². The van der Waals surface area contributed by atoms with Gasteiger partial charge in [0.15, 0.2) is 10.9 Å². The van der Waals surface area contributed by atoms with Crippen molar-refractivity contribution >= 4 is 55.6 Å². The molecule has 0 radical (unpaired) electrons. The number of benzene rings is 2. The summed E-state index contributed by atoms with van der Waals surface area (Å²) in [6.07, 6.45) is 2.60. The molecule has 0 unspecified atom stereocenters. The van der Waals surface area contributed by atoms with Crippen LogP contribution in [0.1, 0.15) is 79.7 Å². The van der Waals surface area contributed by atoms with Gasteiger partial charge in [0, 0.05) is 55.2 Å². The highest BCUT2D eigenvalue weighted by Crippen LogP contribution is 2.46. The van der Waals surface area contributed by atoms with Gasteiger partial charge in [0.25, 0.3) is 5.92 Å². The van der Waals surface area contributed by atoms with E-state index in [-0.39, 0.29) is 82.0 Å². The monoisotopic (exact) mass is 801 g/mol. The van der Waals surface area contributed by atoms with Crippen LogP contribution in [0.15, 0.2) is 18.2 Å². The fourth-order valence-electron chi connectivity index (χ4n) is 7.82. The quantitative estimate of drug-likeness (QED) is 0.182. The summed E-state index contributed by atoms with van der Waals surface area (Å²) < 4.78 is 81.3. The molecule has 17 heteroatoms. The predicted molar refractivity (Wildman–Crippen MR) is 206 cm³/mol. The largest absolute Gasteiger partial charge is 0.461 e. The van der Waals surface area contributed by atoms with Gasteiger partial charge in [-0.2, -0.15) is 9.97 Å². The Bertz CT molecular complexity index is 2160. The maximum Gasteiger partial charge on any atom is 0.413 e. The molecular formula is C39H47F4N7O5S. The maximum absolute atomic E-state index is 17.4. The molecule has 0 saturated carbocycles. The lowest BCUT2D eigenvalue weighted by atomic mass is 9.92. The number of thiazole rings is 1. The molecule has 0 bridgehead atoms. The van der Waals surface area contributed by atoms with Gasteiger partial charge in [0.2, 0.25) is 0 Å². The Labute approximate surface area is 326 Å². The second kappa shape index (κ2) is 14.5. The number of halogens is 4. The van der Waals surface area contributed by atoms with E-state index in [0.717, 1.165) is 56.2 Å². The highest BCUT2D eigenvalue weighted by Gasteiger charge is 2.45. The van der Waals surface area contributed by atoms with Gasteiger partial charge < -0.3 is 24.0 Å². The standard InChI is InChI=1S/C39H47F4N7O5S/c1-36(2,3)54-34(51)47-33-45-29-22(10-11-25(40)30(29)56-33)26-24(38(7,42)43)20-23-28(27(26)41)44-32(53-21-39-12-8-14-50(39)15-9-13-39)46-31(23)48-16-18-49(19-17-48)35(52)55-37(4,5)6/h10-11,20H,8-9,12-19,21H2,1-7H3,(H,45,47,51). The van der Waals surface area contributed by atoms with Crippen molar-refractivity contribution in [1.82, 2.24) is 24.8 Å². The number of carbonyl (C=O) groups excluding carboxylic acids is 2. The Balaban J connectivity index is 1.34. The van der Waals surface area contributed by atoms with Crippen molar-refractivity contribution in [3.63, 3.8) is 0 Å². The van der Waals surface area contributed by atoms with Crippen LogP contribution in [0.25, 0.3) is 32.2 Å². The second-order valence-electron chi connectivity index (χ2n) is 16.8. The number of nitrogens with zero attached hydrogens (tertiary/aromatic N) is 6. The molecule has 3 fully saturated rings. The molecule has 12 nitrogen and oxygen atoms in total. The predicted octanol–water partition coefficient (Wildman–Crippen LogP) is 8.71. The van der Waals surface area contributed by atoms with E-state index in [1.54, 1.807) is 51.3 Å². The molecule has 3 aliphatic heterocycles. The zero-order valence-corrected chi connectivity index (χ0v) is 33.5. The van der Waals surface area contributed by atoms with Crippen molar-refractivity contribution in [2.45, 2.75) is 96.8 Å². The summed E-state index contributed by atoms with van der Waals surface area (Å²) in [7, 11) is 0. The fraction of sp³-hybridized carbons (Fsp3) is 0.564. The van der Waals surface area contributed by atoms with E-state index in [1.165, 1.54) is 12.1 Å². The molecule has 3 aliphatic rings. The number of ether oxygens (including phenoxy) is 3. The average molecular weight is 802 g/mol. The zero-order chi connectivity index (χ0) is 40.4. The minimum atomic E-state index is -3.60. The molecule has 4 aromatic rings. The first-order chi connectivity index (χ1) is 26.2. The summed E-state index contributed by atoms with van der Waals surface area (Å²) in [6, 6.07) is 3.30. The van der Waals surface area contributed by atoms with Crippen molar-refractivity contribution in [3.8, 4) is 17.1 Å². The number of piperazine rings is 1. The second-order valence-corrected chi connectivity index (χ2v) is 17.8. The van der Waals surface area contributed by atoms with Crippen LogP contribution in [0.2, 0.25) is 0 Å². The van der Waals surface area contributed by atoms with Crippen LogP contribution in [0.4, 0.5) is 38.1 Å². The third-order valence-electron chi connectivity index (χ3n) is 10.2. The lowest BCUT2D eigenvalue weighted by molar-refractivity contribution is 0.0178. The van der Waals surface area contributed by atoms with Gasteiger partial charge in [-0.3, -0.25) is 10.2 Å². The first-order valence-electron chi connectivity index (χ1n) is 18.8. The zero-order valence-electron chi connectivity index (χ0n) is 32.7. The third kappa shape index (κ3) is 8.02. The van der Waals surface area contributed by atoms with Crippen LogP contribution in [0, 0.1) is 11.6 Å². The Morgan fingerprint density at radius 3 is 2.16 bits per heavy atom. The van der Waals surface area contributed by atoms with E-state index >= 15 is 17.6 Å². The first kappa shape index (κ1) is 39.7. The van der Waals surface area contributed by atoms with Crippen LogP contribution in [0.5, 0.6) is 6.01 Å². The lowest BCUT2D eigenvalue weighted by Gasteiger charge is -2.36. The summed E-state index contributed by atoms with van der Waals surface area (Å²) in [5, 5.41) is 2.42. The molecule has 3 saturated heterocycles. The lowest BCUT2D eigenvalue weighted by Crippen LogP contribution is -2.50. The summed E-state index contributed by atoms with van der Waals surface area (Å²) in [6.45, 7) is 14.2. The van der Waals surface area contributed by atoms with Gasteiger partial charge in [-0.15, -0.1) is 0 Å². The fourth-order valence-corrected chi connectivity index (χ4v) is 8.70. The van der Waals surface area contributed by atoms with Gasteiger partial charge in [-0.1, -0.05) is 11.3 Å². The number of anilines is 2. The van der Waals surface area contributed by atoms with Crippen LogP contribution in [-0.2, 0) is 15.4 Å². The first-order valence-corrected chi connectivity index (χ1v) is 19.7. The number of aromatic nitrogens is 3. The number of amides is 2. The summed E-state index contributed by atoms with van der Waals surface area (Å²) in [5.74, 6) is -5.25. The van der Waals surface area contributed by atoms with Crippen molar-refractivity contribution in [2.24, 2.45) is 0 Å². The van der Waals surface area contributed by atoms with Gasteiger partial charge in [0.05, 0.1) is 15.8 Å². The molecule has 302 valence electrons. The third-order valence-corrected chi connectivity index (χ3v) is 11.2. The van der Waals surface area contributed by atoms with Crippen LogP contribution >= 0.6 is 11.3 Å². The van der Waals surface area contributed by atoms with Gasteiger partial charge in [0.1, 0.15) is 35.0 Å². The van der Waals surface area contributed by atoms with E-state index in [0.29, 0.717) is 6.92 Å². The minimum Gasteiger partial charge on any atom is -0.461 e. The number of alkyl halides is 2. The van der Waals surface area contributed by atoms with Crippen LogP contribution in [-0.4, -0.2) is 99.6 Å². The molecule has 5 heterocycles. The summed E-state index contributed by atoms with van der Waals surface area (Å²) in [4.78, 5) is 44.8. The number of nitrogens with one attached hydrogen (secondary N) is 1. The molecule has 0 aliphatic carbocycles. The number of hydrogen-bond donors (Lipinski definition) is 1. The number of hydrogen-bond acceptors (Lipinski definition) is 11.